The normalized spacial score (nSPS) is 22.5. The average Bonchev–Trinajstić information content (AvgIpc) is 2.81. The first-order valence-corrected chi connectivity index (χ1v) is 9.29. The molecule has 0 aromatic carbocycles. The molecule has 1 N–H and O–H groups in total. The molecule has 1 aliphatic heterocycles. The van der Waals surface area contributed by atoms with Crippen LogP contribution in [0.2, 0.25) is 0 Å². The molecule has 1 aliphatic rings. The SMILES string of the molecule is CC(C)CC(=O)OCC1(CO)C/C(=C\CC(C(C)C)C(C)C)C(=O)O1. The zero-order valence-corrected chi connectivity index (χ0v) is 16.5. The number of hydrogen-bond acceptors (Lipinski definition) is 5. The van der Waals surface area contributed by atoms with E-state index in [9.17, 15) is 14.7 Å². The summed E-state index contributed by atoms with van der Waals surface area (Å²) in [6.07, 6.45) is 3.32. The summed E-state index contributed by atoms with van der Waals surface area (Å²) in [5.74, 6) is 0.968. The van der Waals surface area contributed by atoms with Crippen LogP contribution in [-0.2, 0) is 19.1 Å². The molecule has 1 unspecified atom stereocenters. The summed E-state index contributed by atoms with van der Waals surface area (Å²) in [5.41, 5.74) is -0.568. The molecule has 0 spiro atoms. The van der Waals surface area contributed by atoms with Gasteiger partial charge in [-0.2, -0.15) is 0 Å². The standard InChI is InChI=1S/C20H34O5/c1-13(2)9-18(22)24-12-20(11-21)10-16(19(23)25-20)7-8-17(14(3)4)15(5)6/h7,13-15,17,21H,8-12H2,1-6H3/b16-7+. The van der Waals surface area contributed by atoms with E-state index in [1.807, 2.05) is 19.9 Å². The lowest BCUT2D eigenvalue weighted by molar-refractivity contribution is -0.166. The highest BCUT2D eigenvalue weighted by molar-refractivity contribution is 5.91. The second-order valence-corrected chi connectivity index (χ2v) is 8.28. The number of aliphatic hydroxyl groups excluding tert-OH is 1. The highest BCUT2D eigenvalue weighted by Gasteiger charge is 2.44. The van der Waals surface area contributed by atoms with Crippen LogP contribution in [0, 0.1) is 23.7 Å². The highest BCUT2D eigenvalue weighted by Crippen LogP contribution is 2.33. The quantitative estimate of drug-likeness (QED) is 0.507. The van der Waals surface area contributed by atoms with Crippen molar-refractivity contribution in [3.05, 3.63) is 11.6 Å². The van der Waals surface area contributed by atoms with Crippen molar-refractivity contribution in [2.75, 3.05) is 13.2 Å². The van der Waals surface area contributed by atoms with Gasteiger partial charge in [0.15, 0.2) is 5.60 Å². The molecular weight excluding hydrogens is 320 g/mol. The first kappa shape index (κ1) is 21.7. The summed E-state index contributed by atoms with van der Waals surface area (Å²) in [6, 6.07) is 0. The Hall–Kier alpha value is -1.36. The number of ether oxygens (including phenoxy) is 2. The molecule has 144 valence electrons. The molecule has 5 heteroatoms. The highest BCUT2D eigenvalue weighted by atomic mass is 16.6. The molecule has 0 amide bonds. The van der Waals surface area contributed by atoms with E-state index >= 15 is 0 Å². The average molecular weight is 354 g/mol. The summed E-state index contributed by atoms with van der Waals surface area (Å²) < 4.78 is 10.6. The van der Waals surface area contributed by atoms with Gasteiger partial charge in [-0.3, -0.25) is 4.79 Å². The molecule has 0 radical (unpaired) electrons. The van der Waals surface area contributed by atoms with E-state index < -0.39 is 11.6 Å². The van der Waals surface area contributed by atoms with Crippen LogP contribution < -0.4 is 0 Å². The van der Waals surface area contributed by atoms with E-state index in [2.05, 4.69) is 27.7 Å². The minimum Gasteiger partial charge on any atom is -0.461 e. The maximum absolute atomic E-state index is 12.2. The maximum Gasteiger partial charge on any atom is 0.334 e. The summed E-state index contributed by atoms with van der Waals surface area (Å²) in [7, 11) is 0. The van der Waals surface area contributed by atoms with Crippen LogP contribution >= 0.6 is 0 Å². The molecule has 1 rings (SSSR count). The van der Waals surface area contributed by atoms with Crippen molar-refractivity contribution in [2.24, 2.45) is 23.7 Å². The number of carbonyl (C=O) groups is 2. The second-order valence-electron chi connectivity index (χ2n) is 8.28. The second kappa shape index (κ2) is 9.37. The molecule has 1 atom stereocenters. The van der Waals surface area contributed by atoms with Gasteiger partial charge < -0.3 is 14.6 Å². The lowest BCUT2D eigenvalue weighted by atomic mass is 9.82. The zero-order chi connectivity index (χ0) is 19.2. The largest absolute Gasteiger partial charge is 0.461 e. The monoisotopic (exact) mass is 354 g/mol. The molecule has 1 fully saturated rings. The van der Waals surface area contributed by atoms with Crippen molar-refractivity contribution in [3.63, 3.8) is 0 Å². The summed E-state index contributed by atoms with van der Waals surface area (Å²) in [5, 5.41) is 9.70. The predicted octanol–water partition coefficient (Wildman–Crippen LogP) is 3.50. The van der Waals surface area contributed by atoms with Crippen LogP contribution in [0.4, 0.5) is 0 Å². The fourth-order valence-electron chi connectivity index (χ4n) is 3.28. The molecule has 0 aromatic heterocycles. The number of rotatable bonds is 9. The fraction of sp³-hybridized carbons (Fsp3) is 0.800. The van der Waals surface area contributed by atoms with Crippen LogP contribution in [-0.4, -0.2) is 35.9 Å². The number of cyclic esters (lactones) is 1. The molecule has 1 saturated heterocycles. The fourth-order valence-corrected chi connectivity index (χ4v) is 3.28. The van der Waals surface area contributed by atoms with Crippen molar-refractivity contribution >= 4 is 11.9 Å². The van der Waals surface area contributed by atoms with Gasteiger partial charge in [-0.1, -0.05) is 47.6 Å². The van der Waals surface area contributed by atoms with Gasteiger partial charge in [-0.15, -0.1) is 0 Å². The molecule has 0 aliphatic carbocycles. The Morgan fingerprint density at radius 2 is 1.84 bits per heavy atom. The first-order valence-electron chi connectivity index (χ1n) is 9.29. The van der Waals surface area contributed by atoms with Gasteiger partial charge in [-0.05, 0) is 30.1 Å². The summed E-state index contributed by atoms with van der Waals surface area (Å²) >= 11 is 0. The number of carbonyl (C=O) groups excluding carboxylic acids is 2. The van der Waals surface area contributed by atoms with Crippen molar-refractivity contribution in [3.8, 4) is 0 Å². The minimum absolute atomic E-state index is 0.101. The molecule has 25 heavy (non-hydrogen) atoms. The summed E-state index contributed by atoms with van der Waals surface area (Å²) in [4.78, 5) is 23.9. The van der Waals surface area contributed by atoms with Crippen LogP contribution in [0.3, 0.4) is 0 Å². The van der Waals surface area contributed by atoms with E-state index in [-0.39, 0.29) is 31.5 Å². The van der Waals surface area contributed by atoms with Gasteiger partial charge in [-0.25, -0.2) is 4.79 Å². The van der Waals surface area contributed by atoms with Gasteiger partial charge in [0.25, 0.3) is 0 Å². The van der Waals surface area contributed by atoms with E-state index in [1.165, 1.54) is 0 Å². The topological polar surface area (TPSA) is 72.8 Å². The van der Waals surface area contributed by atoms with Gasteiger partial charge in [0.1, 0.15) is 6.61 Å². The van der Waals surface area contributed by atoms with E-state index in [1.54, 1.807) is 0 Å². The minimum atomic E-state index is -1.14. The molecule has 0 aromatic rings. The van der Waals surface area contributed by atoms with E-state index in [0.717, 1.165) is 6.42 Å². The summed E-state index contributed by atoms with van der Waals surface area (Å²) in [6.45, 7) is 12.1. The van der Waals surface area contributed by atoms with E-state index in [0.29, 0.717) is 29.7 Å². The molecule has 0 saturated carbocycles. The molecule has 1 heterocycles. The van der Waals surface area contributed by atoms with Crippen molar-refractivity contribution in [2.45, 2.75) is 66.4 Å². The predicted molar refractivity (Wildman–Crippen MR) is 96.8 cm³/mol. The lowest BCUT2D eigenvalue weighted by Gasteiger charge is -2.24. The number of allylic oxidation sites excluding steroid dienone is 1. The Morgan fingerprint density at radius 1 is 1.24 bits per heavy atom. The maximum atomic E-state index is 12.2. The Kier molecular flexibility index (Phi) is 8.13. The molecule has 5 nitrogen and oxygen atoms in total. The van der Waals surface area contributed by atoms with Crippen molar-refractivity contribution in [1.29, 1.82) is 0 Å². The van der Waals surface area contributed by atoms with Gasteiger partial charge in [0.05, 0.1) is 6.61 Å². The van der Waals surface area contributed by atoms with Crippen LogP contribution in [0.5, 0.6) is 0 Å². The number of aliphatic hydroxyl groups is 1. The van der Waals surface area contributed by atoms with Crippen molar-refractivity contribution < 1.29 is 24.2 Å². The third-order valence-electron chi connectivity index (χ3n) is 4.79. The van der Waals surface area contributed by atoms with Crippen LogP contribution in [0.25, 0.3) is 0 Å². The Bertz CT molecular complexity index is 484. The van der Waals surface area contributed by atoms with Gasteiger partial charge in [0, 0.05) is 18.4 Å². The third kappa shape index (κ3) is 6.46. The van der Waals surface area contributed by atoms with E-state index in [4.69, 9.17) is 9.47 Å². The third-order valence-corrected chi connectivity index (χ3v) is 4.79. The van der Waals surface area contributed by atoms with Crippen molar-refractivity contribution in [1.82, 2.24) is 0 Å². The van der Waals surface area contributed by atoms with Gasteiger partial charge >= 0.3 is 11.9 Å². The smallest absolute Gasteiger partial charge is 0.334 e. The molecular formula is C20H34O5. The molecule has 0 bridgehead atoms. The number of esters is 2. The Balaban J connectivity index is 2.73. The lowest BCUT2D eigenvalue weighted by Crippen LogP contribution is -2.39. The van der Waals surface area contributed by atoms with Crippen LogP contribution in [0.1, 0.15) is 60.8 Å². The van der Waals surface area contributed by atoms with Gasteiger partial charge in [0.2, 0.25) is 0 Å². The zero-order valence-electron chi connectivity index (χ0n) is 16.5. The Labute approximate surface area is 151 Å². The first-order chi connectivity index (χ1) is 11.6. The Morgan fingerprint density at radius 3 is 2.32 bits per heavy atom. The number of hydrogen-bond donors (Lipinski definition) is 1. The van der Waals surface area contributed by atoms with Crippen LogP contribution in [0.15, 0.2) is 11.6 Å².